The molecule has 0 aliphatic rings. The van der Waals surface area contributed by atoms with E-state index in [1.165, 1.54) is 23.5 Å². The molecule has 0 radical (unpaired) electrons. The number of amides is 1. The van der Waals surface area contributed by atoms with Crippen LogP contribution in [0.2, 0.25) is 0 Å². The third kappa shape index (κ3) is 3.39. The Hall–Kier alpha value is -1.95. The number of nitrogens with two attached hydrogens (primary N) is 1. The van der Waals surface area contributed by atoms with E-state index >= 15 is 0 Å². The number of rotatable bonds is 2. The van der Waals surface area contributed by atoms with Gasteiger partial charge in [-0.25, -0.2) is 9.37 Å². The number of carbonyl (C=O) groups is 1. The third-order valence-corrected chi connectivity index (χ3v) is 3.90. The van der Waals surface area contributed by atoms with Crippen LogP contribution in [-0.2, 0) is 5.41 Å². The van der Waals surface area contributed by atoms with E-state index in [1.807, 2.05) is 26.2 Å². The highest BCUT2D eigenvalue weighted by atomic mass is 32.1. The number of halogens is 1. The number of hydrogen-bond acceptors (Lipinski definition) is 4. The highest BCUT2D eigenvalue weighted by molar-refractivity contribution is 7.14. The van der Waals surface area contributed by atoms with Gasteiger partial charge in [-0.1, -0.05) is 20.8 Å². The Morgan fingerprint density at radius 3 is 2.57 bits per heavy atom. The lowest BCUT2D eigenvalue weighted by Gasteiger charge is -2.14. The lowest BCUT2D eigenvalue weighted by atomic mass is 9.93. The molecule has 0 fully saturated rings. The summed E-state index contributed by atoms with van der Waals surface area (Å²) in [6.45, 7) is 7.71. The second kappa shape index (κ2) is 5.44. The van der Waals surface area contributed by atoms with Crippen molar-refractivity contribution in [3.8, 4) is 0 Å². The predicted molar refractivity (Wildman–Crippen MR) is 84.3 cm³/mol. The first-order valence-corrected chi connectivity index (χ1v) is 7.39. The quantitative estimate of drug-likeness (QED) is 0.831. The smallest absolute Gasteiger partial charge is 0.257 e. The van der Waals surface area contributed by atoms with Gasteiger partial charge in [0, 0.05) is 27.6 Å². The molecule has 0 aliphatic carbocycles. The Kier molecular flexibility index (Phi) is 4.00. The molecule has 1 heterocycles. The van der Waals surface area contributed by atoms with E-state index in [-0.39, 0.29) is 16.7 Å². The Balaban J connectivity index is 2.20. The van der Waals surface area contributed by atoms with Crippen LogP contribution in [0.3, 0.4) is 0 Å². The summed E-state index contributed by atoms with van der Waals surface area (Å²) in [6.07, 6.45) is 0. The van der Waals surface area contributed by atoms with Crippen LogP contribution in [-0.4, -0.2) is 10.9 Å². The molecular weight excluding hydrogens is 289 g/mol. The van der Waals surface area contributed by atoms with Crippen LogP contribution in [0.1, 0.15) is 42.4 Å². The minimum absolute atomic E-state index is 0.0835. The Morgan fingerprint density at radius 1 is 1.38 bits per heavy atom. The predicted octanol–water partition coefficient (Wildman–Crippen LogP) is 3.72. The second-order valence-electron chi connectivity index (χ2n) is 5.91. The first-order chi connectivity index (χ1) is 9.68. The molecule has 4 nitrogen and oxygen atoms in total. The monoisotopic (exact) mass is 307 g/mol. The van der Waals surface area contributed by atoms with Gasteiger partial charge in [0.1, 0.15) is 5.82 Å². The zero-order chi connectivity index (χ0) is 15.8. The van der Waals surface area contributed by atoms with E-state index in [2.05, 4.69) is 10.3 Å². The number of nitrogens with zero attached hydrogens (tertiary/aromatic N) is 1. The largest absolute Gasteiger partial charge is 0.398 e. The molecule has 0 saturated heterocycles. The summed E-state index contributed by atoms with van der Waals surface area (Å²) in [5, 5.41) is 5.06. The van der Waals surface area contributed by atoms with Crippen molar-refractivity contribution >= 4 is 28.1 Å². The zero-order valence-corrected chi connectivity index (χ0v) is 13.3. The second-order valence-corrected chi connectivity index (χ2v) is 6.77. The van der Waals surface area contributed by atoms with Gasteiger partial charge in [-0.3, -0.25) is 10.1 Å². The minimum atomic E-state index is -0.491. The van der Waals surface area contributed by atoms with Gasteiger partial charge in [-0.2, -0.15) is 0 Å². The lowest BCUT2D eigenvalue weighted by molar-refractivity contribution is 0.102. The zero-order valence-electron chi connectivity index (χ0n) is 12.5. The number of hydrogen-bond donors (Lipinski definition) is 2. The molecule has 0 atom stereocenters. The van der Waals surface area contributed by atoms with E-state index in [1.54, 1.807) is 6.92 Å². The van der Waals surface area contributed by atoms with Crippen molar-refractivity contribution in [3.63, 3.8) is 0 Å². The van der Waals surface area contributed by atoms with Crippen LogP contribution >= 0.6 is 11.3 Å². The number of benzene rings is 1. The number of aromatic nitrogens is 1. The van der Waals surface area contributed by atoms with Crippen molar-refractivity contribution < 1.29 is 9.18 Å². The molecule has 2 aromatic rings. The van der Waals surface area contributed by atoms with Crippen molar-refractivity contribution in [2.75, 3.05) is 11.1 Å². The summed E-state index contributed by atoms with van der Waals surface area (Å²) in [4.78, 5) is 16.5. The highest BCUT2D eigenvalue weighted by Crippen LogP contribution is 2.27. The number of thiazole rings is 1. The molecule has 112 valence electrons. The number of carbonyl (C=O) groups excluding carboxylic acids is 1. The van der Waals surface area contributed by atoms with Gasteiger partial charge < -0.3 is 5.73 Å². The van der Waals surface area contributed by atoms with E-state index in [0.29, 0.717) is 10.7 Å². The first-order valence-electron chi connectivity index (χ1n) is 6.51. The summed E-state index contributed by atoms with van der Waals surface area (Å²) in [6, 6.07) is 2.64. The Labute approximate surface area is 127 Å². The highest BCUT2D eigenvalue weighted by Gasteiger charge is 2.19. The Morgan fingerprint density at radius 2 is 2.05 bits per heavy atom. The Bertz CT molecular complexity index is 665. The summed E-state index contributed by atoms with van der Waals surface area (Å²) in [5.74, 6) is -0.912. The summed E-state index contributed by atoms with van der Waals surface area (Å²) in [5.41, 5.74) is 7.28. The molecule has 1 aromatic heterocycles. The van der Waals surface area contributed by atoms with E-state index in [4.69, 9.17) is 5.73 Å². The lowest BCUT2D eigenvalue weighted by Crippen LogP contribution is -2.15. The molecule has 21 heavy (non-hydrogen) atoms. The number of anilines is 2. The molecule has 0 bridgehead atoms. The van der Waals surface area contributed by atoms with Crippen LogP contribution < -0.4 is 11.1 Å². The average molecular weight is 307 g/mol. The molecule has 3 N–H and O–H groups in total. The summed E-state index contributed by atoms with van der Waals surface area (Å²) >= 11 is 1.34. The molecule has 0 spiro atoms. The summed E-state index contributed by atoms with van der Waals surface area (Å²) in [7, 11) is 0. The van der Waals surface area contributed by atoms with Crippen LogP contribution in [0.15, 0.2) is 17.5 Å². The van der Waals surface area contributed by atoms with E-state index in [9.17, 15) is 9.18 Å². The topological polar surface area (TPSA) is 68.0 Å². The standard InChI is InChI=1S/C15H18FN3OS/c1-8-10(16)5-9(6-11(8)17)13(20)19-14-18-12(7-21-14)15(2,3)4/h5-7H,17H2,1-4H3,(H,18,19,20). The molecule has 0 saturated carbocycles. The molecular formula is C15H18FN3OS. The van der Waals surface area contributed by atoms with Crippen molar-refractivity contribution in [1.82, 2.24) is 4.98 Å². The maximum absolute atomic E-state index is 13.6. The van der Waals surface area contributed by atoms with Crippen LogP contribution in [0.5, 0.6) is 0 Å². The van der Waals surface area contributed by atoms with Gasteiger partial charge in [-0.15, -0.1) is 11.3 Å². The van der Waals surface area contributed by atoms with Crippen molar-refractivity contribution in [3.05, 3.63) is 40.2 Å². The van der Waals surface area contributed by atoms with Gasteiger partial charge >= 0.3 is 0 Å². The van der Waals surface area contributed by atoms with Crippen LogP contribution in [0, 0.1) is 12.7 Å². The van der Waals surface area contributed by atoms with Gasteiger partial charge in [0.05, 0.1) is 5.69 Å². The number of nitrogens with one attached hydrogen (secondary N) is 1. The maximum atomic E-state index is 13.6. The molecule has 6 heteroatoms. The minimum Gasteiger partial charge on any atom is -0.398 e. The fourth-order valence-corrected chi connectivity index (χ4v) is 2.61. The summed E-state index contributed by atoms with van der Waals surface area (Å²) < 4.78 is 13.6. The molecule has 0 aliphatic heterocycles. The van der Waals surface area contributed by atoms with E-state index < -0.39 is 11.7 Å². The molecule has 2 rings (SSSR count). The molecule has 1 amide bonds. The van der Waals surface area contributed by atoms with E-state index in [0.717, 1.165) is 5.69 Å². The molecule has 0 unspecified atom stereocenters. The van der Waals surface area contributed by atoms with Gasteiger partial charge in [0.25, 0.3) is 5.91 Å². The fraction of sp³-hybridized carbons (Fsp3) is 0.333. The SMILES string of the molecule is Cc1c(N)cc(C(=O)Nc2nc(C(C)(C)C)cs2)cc1F. The van der Waals surface area contributed by atoms with Crippen LogP contribution in [0.4, 0.5) is 15.2 Å². The van der Waals surface area contributed by atoms with Crippen molar-refractivity contribution in [1.29, 1.82) is 0 Å². The van der Waals surface area contributed by atoms with Gasteiger partial charge in [0.2, 0.25) is 0 Å². The normalized spacial score (nSPS) is 11.5. The van der Waals surface area contributed by atoms with Crippen molar-refractivity contribution in [2.45, 2.75) is 33.1 Å². The fourth-order valence-electron chi connectivity index (χ4n) is 1.68. The van der Waals surface area contributed by atoms with Crippen molar-refractivity contribution in [2.24, 2.45) is 0 Å². The third-order valence-electron chi connectivity index (χ3n) is 3.14. The number of nitrogen functional groups attached to an aromatic ring is 1. The molecule has 1 aromatic carbocycles. The van der Waals surface area contributed by atoms with Gasteiger partial charge in [-0.05, 0) is 19.1 Å². The van der Waals surface area contributed by atoms with Crippen LogP contribution in [0.25, 0.3) is 0 Å². The first kappa shape index (κ1) is 15.4. The maximum Gasteiger partial charge on any atom is 0.257 e. The van der Waals surface area contributed by atoms with Gasteiger partial charge in [0.15, 0.2) is 5.13 Å². The average Bonchev–Trinajstić information content (AvgIpc) is 2.83.